The molecule has 0 heterocycles. The molecule has 0 aliphatic heterocycles. The van der Waals surface area contributed by atoms with E-state index in [9.17, 15) is 22.0 Å². The summed E-state index contributed by atoms with van der Waals surface area (Å²) in [4.78, 5) is 11.4. The maximum Gasteiger partial charge on any atom is 0.229 e. The first-order valence-corrected chi connectivity index (χ1v) is 8.30. The number of ether oxygens (including phenoxy) is 1. The van der Waals surface area contributed by atoms with Crippen LogP contribution in [0.5, 0.6) is 11.5 Å². The lowest BCUT2D eigenvalue weighted by Crippen LogP contribution is -2.11. The summed E-state index contributed by atoms with van der Waals surface area (Å²) in [5, 5.41) is 0. The number of rotatable bonds is 5. The number of nitrogens with one attached hydrogen (secondary N) is 1. The van der Waals surface area contributed by atoms with Crippen molar-refractivity contribution >= 4 is 21.5 Å². The van der Waals surface area contributed by atoms with E-state index in [1.807, 2.05) is 0 Å². The van der Waals surface area contributed by atoms with Gasteiger partial charge in [-0.1, -0.05) is 0 Å². The molecule has 0 atom stereocenters. The zero-order chi connectivity index (χ0) is 17.2. The maximum absolute atomic E-state index is 13.7. The van der Waals surface area contributed by atoms with E-state index in [1.165, 1.54) is 25.1 Å². The molecule has 8 heteroatoms. The third kappa shape index (κ3) is 4.49. The van der Waals surface area contributed by atoms with E-state index >= 15 is 0 Å². The van der Waals surface area contributed by atoms with Gasteiger partial charge in [-0.05, 0) is 37.3 Å². The summed E-state index contributed by atoms with van der Waals surface area (Å²) in [5.74, 6) is -2.39. The van der Waals surface area contributed by atoms with Crippen LogP contribution in [-0.4, -0.2) is 20.5 Å². The Balaban J connectivity index is 2.48. The minimum absolute atomic E-state index is 0.0289. The van der Waals surface area contributed by atoms with Crippen LogP contribution in [0.25, 0.3) is 0 Å². The molecule has 0 amide bonds. The molecule has 5 nitrogen and oxygen atoms in total. The second-order valence-electron chi connectivity index (χ2n) is 4.82. The number of ketones is 1. The predicted molar refractivity (Wildman–Crippen MR) is 81.3 cm³/mol. The molecular weight excluding hydrogens is 328 g/mol. The van der Waals surface area contributed by atoms with Gasteiger partial charge in [-0.3, -0.25) is 9.52 Å². The van der Waals surface area contributed by atoms with Crippen LogP contribution in [0.15, 0.2) is 36.4 Å². The molecule has 0 saturated carbocycles. The molecule has 0 aromatic heterocycles. The second-order valence-corrected chi connectivity index (χ2v) is 6.57. The molecule has 0 unspecified atom stereocenters. The molecule has 1 N–H and O–H groups in total. The van der Waals surface area contributed by atoms with Crippen LogP contribution in [0.3, 0.4) is 0 Å². The monoisotopic (exact) mass is 341 g/mol. The van der Waals surface area contributed by atoms with E-state index in [4.69, 9.17) is 4.74 Å². The van der Waals surface area contributed by atoms with Crippen LogP contribution >= 0.6 is 0 Å². The molecule has 0 fully saturated rings. The lowest BCUT2D eigenvalue weighted by molar-refractivity contribution is 0.101. The predicted octanol–water partition coefficient (Wildman–Crippen LogP) is 3.33. The highest BCUT2D eigenvalue weighted by Crippen LogP contribution is 2.33. The van der Waals surface area contributed by atoms with Crippen molar-refractivity contribution in [3.63, 3.8) is 0 Å². The van der Waals surface area contributed by atoms with Crippen LogP contribution in [0.4, 0.5) is 14.5 Å². The summed E-state index contributed by atoms with van der Waals surface area (Å²) in [6.45, 7) is 1.32. The minimum atomic E-state index is -3.61. The smallest absolute Gasteiger partial charge is 0.229 e. The Bertz CT molecular complexity index is 866. The van der Waals surface area contributed by atoms with Crippen LogP contribution < -0.4 is 9.46 Å². The van der Waals surface area contributed by atoms with Gasteiger partial charge in [0.15, 0.2) is 23.1 Å². The summed E-state index contributed by atoms with van der Waals surface area (Å²) < 4.78 is 56.9. The first-order valence-electron chi connectivity index (χ1n) is 6.41. The second kappa shape index (κ2) is 6.33. The summed E-state index contributed by atoms with van der Waals surface area (Å²) >= 11 is 0. The molecule has 0 saturated heterocycles. The van der Waals surface area contributed by atoms with E-state index in [1.54, 1.807) is 0 Å². The zero-order valence-electron chi connectivity index (χ0n) is 12.3. The molecule has 2 aromatic carbocycles. The number of hydrogen-bond donors (Lipinski definition) is 1. The fourth-order valence-corrected chi connectivity index (χ4v) is 2.35. The maximum atomic E-state index is 13.7. The fourth-order valence-electron chi connectivity index (χ4n) is 1.79. The minimum Gasteiger partial charge on any atom is -0.452 e. The molecule has 0 radical (unpaired) electrons. The van der Waals surface area contributed by atoms with Crippen LogP contribution in [-0.2, 0) is 10.0 Å². The SMILES string of the molecule is CC(=O)c1ccc(NS(C)(=O)=O)c(Oc2ccc(F)cc2F)c1. The van der Waals surface area contributed by atoms with Crippen molar-refractivity contribution in [2.75, 3.05) is 11.0 Å². The van der Waals surface area contributed by atoms with E-state index < -0.39 is 21.7 Å². The van der Waals surface area contributed by atoms with Gasteiger partial charge in [0, 0.05) is 11.6 Å². The van der Waals surface area contributed by atoms with E-state index in [2.05, 4.69) is 4.72 Å². The quantitative estimate of drug-likeness (QED) is 0.847. The number of halogens is 2. The molecule has 2 aromatic rings. The highest BCUT2D eigenvalue weighted by molar-refractivity contribution is 7.92. The van der Waals surface area contributed by atoms with Crippen LogP contribution in [0, 0.1) is 11.6 Å². The summed E-state index contributed by atoms with van der Waals surface area (Å²) in [7, 11) is -3.61. The van der Waals surface area contributed by atoms with Crippen molar-refractivity contribution < 1.29 is 26.7 Å². The average molecular weight is 341 g/mol. The lowest BCUT2D eigenvalue weighted by Gasteiger charge is -2.13. The Morgan fingerprint density at radius 3 is 2.35 bits per heavy atom. The van der Waals surface area contributed by atoms with Gasteiger partial charge in [0.05, 0.1) is 11.9 Å². The van der Waals surface area contributed by atoms with Gasteiger partial charge in [-0.15, -0.1) is 0 Å². The van der Waals surface area contributed by atoms with Crippen molar-refractivity contribution in [3.8, 4) is 11.5 Å². The number of sulfonamides is 1. The van der Waals surface area contributed by atoms with Crippen LogP contribution in [0.2, 0.25) is 0 Å². The average Bonchev–Trinajstić information content (AvgIpc) is 2.41. The highest BCUT2D eigenvalue weighted by atomic mass is 32.2. The summed E-state index contributed by atoms with van der Waals surface area (Å²) in [6, 6.07) is 6.71. The van der Waals surface area contributed by atoms with Crippen molar-refractivity contribution in [1.29, 1.82) is 0 Å². The van der Waals surface area contributed by atoms with E-state index in [0.717, 1.165) is 18.4 Å². The van der Waals surface area contributed by atoms with Gasteiger partial charge in [0.1, 0.15) is 5.82 Å². The Labute approximate surface area is 132 Å². The number of anilines is 1. The molecule has 0 aliphatic rings. The third-order valence-corrected chi connectivity index (χ3v) is 3.39. The molecule has 0 aliphatic carbocycles. The van der Waals surface area contributed by atoms with Gasteiger partial charge in [-0.25, -0.2) is 17.2 Å². The first-order chi connectivity index (χ1) is 10.7. The number of carbonyl (C=O) groups is 1. The fraction of sp³-hybridized carbons (Fsp3) is 0.133. The Kier molecular flexibility index (Phi) is 4.65. The van der Waals surface area contributed by atoms with Crippen molar-refractivity contribution in [2.45, 2.75) is 6.92 Å². The number of benzene rings is 2. The van der Waals surface area contributed by atoms with Gasteiger partial charge in [0.25, 0.3) is 0 Å². The number of hydrogen-bond acceptors (Lipinski definition) is 4. The molecular formula is C15H13F2NO4S. The van der Waals surface area contributed by atoms with Crippen molar-refractivity contribution in [3.05, 3.63) is 53.6 Å². The molecule has 0 bridgehead atoms. The zero-order valence-corrected chi connectivity index (χ0v) is 13.1. The number of carbonyl (C=O) groups excluding carboxylic acids is 1. The molecule has 122 valence electrons. The standard InChI is InChI=1S/C15H13F2NO4S/c1-9(19)10-3-5-13(18-23(2,20)21)15(7-10)22-14-6-4-11(16)8-12(14)17/h3-8,18H,1-2H3. The topological polar surface area (TPSA) is 72.5 Å². The van der Waals surface area contributed by atoms with Gasteiger partial charge >= 0.3 is 0 Å². The summed E-state index contributed by atoms with van der Waals surface area (Å²) in [5.41, 5.74) is 0.280. The van der Waals surface area contributed by atoms with Crippen molar-refractivity contribution in [2.24, 2.45) is 0 Å². The van der Waals surface area contributed by atoms with E-state index in [0.29, 0.717) is 6.07 Å². The highest BCUT2D eigenvalue weighted by Gasteiger charge is 2.14. The van der Waals surface area contributed by atoms with Gasteiger partial charge in [-0.2, -0.15) is 0 Å². The summed E-state index contributed by atoms with van der Waals surface area (Å²) in [6.07, 6.45) is 0.939. The lowest BCUT2D eigenvalue weighted by atomic mass is 10.1. The molecule has 0 spiro atoms. The Morgan fingerprint density at radius 2 is 1.78 bits per heavy atom. The molecule has 2 rings (SSSR count). The van der Waals surface area contributed by atoms with E-state index in [-0.39, 0.29) is 28.5 Å². The largest absolute Gasteiger partial charge is 0.452 e. The number of Topliss-reactive ketones (excluding diaryl/α,β-unsaturated/α-hetero) is 1. The Morgan fingerprint density at radius 1 is 1.09 bits per heavy atom. The van der Waals surface area contributed by atoms with Crippen molar-refractivity contribution in [1.82, 2.24) is 0 Å². The third-order valence-electron chi connectivity index (χ3n) is 2.80. The Hall–Kier alpha value is -2.48. The van der Waals surface area contributed by atoms with Gasteiger partial charge < -0.3 is 4.74 Å². The first kappa shape index (κ1) is 16.9. The van der Waals surface area contributed by atoms with Crippen LogP contribution in [0.1, 0.15) is 17.3 Å². The van der Waals surface area contributed by atoms with Gasteiger partial charge in [0.2, 0.25) is 10.0 Å². The normalized spacial score (nSPS) is 11.1. The molecule has 23 heavy (non-hydrogen) atoms.